The van der Waals surface area contributed by atoms with Crippen molar-refractivity contribution in [1.29, 1.82) is 5.26 Å². The van der Waals surface area contributed by atoms with Crippen molar-refractivity contribution in [2.24, 2.45) is 5.41 Å². The van der Waals surface area contributed by atoms with Crippen LogP contribution in [0.1, 0.15) is 57.1 Å². The van der Waals surface area contributed by atoms with E-state index >= 15 is 0 Å². The fraction of sp³-hybridized carbons (Fsp3) is 0.517. The molecule has 0 radical (unpaired) electrons. The second-order valence-electron chi connectivity index (χ2n) is 11.3. The Labute approximate surface area is 225 Å². The van der Waals surface area contributed by atoms with Crippen molar-refractivity contribution in [3.05, 3.63) is 69.7 Å². The van der Waals surface area contributed by atoms with Gasteiger partial charge in [0.05, 0.1) is 12.1 Å². The third kappa shape index (κ3) is 5.58. The number of carbonyl (C=O) groups excluding carboxylic acids is 1. The monoisotopic (exact) mass is 526 g/mol. The molecule has 36 heavy (non-hydrogen) atoms. The van der Waals surface area contributed by atoms with Gasteiger partial charge < -0.3 is 15.5 Å². The minimum atomic E-state index is -1.01. The van der Waals surface area contributed by atoms with Crippen LogP contribution in [0, 0.1) is 16.7 Å². The Kier molecular flexibility index (Phi) is 8.32. The Balaban J connectivity index is 1.77. The number of halogens is 2. The maximum Gasteiger partial charge on any atom is 0.237 e. The van der Waals surface area contributed by atoms with Crippen molar-refractivity contribution >= 4 is 29.1 Å². The highest BCUT2D eigenvalue weighted by Crippen LogP contribution is 2.52. The van der Waals surface area contributed by atoms with E-state index in [9.17, 15) is 10.1 Å². The molecule has 2 fully saturated rings. The first-order chi connectivity index (χ1) is 17.2. The normalized spacial score (nSPS) is 26.6. The van der Waals surface area contributed by atoms with Crippen LogP contribution in [0.5, 0.6) is 0 Å². The molecule has 0 bridgehead atoms. The molecule has 0 aromatic heterocycles. The summed E-state index contributed by atoms with van der Waals surface area (Å²) < 4.78 is 0. The third-order valence-corrected chi connectivity index (χ3v) is 8.12. The first-order valence-electron chi connectivity index (χ1n) is 12.8. The minimum absolute atomic E-state index is 0.0711. The summed E-state index contributed by atoms with van der Waals surface area (Å²) in [7, 11) is 0. The van der Waals surface area contributed by atoms with Crippen LogP contribution in [0.2, 0.25) is 10.0 Å². The molecule has 0 aliphatic carbocycles. The van der Waals surface area contributed by atoms with Crippen LogP contribution >= 0.6 is 23.2 Å². The molecule has 2 heterocycles. The number of nitrogens with zero attached hydrogens (tertiary/aromatic N) is 2. The maximum absolute atomic E-state index is 13.7. The molecular weight excluding hydrogens is 491 g/mol. The van der Waals surface area contributed by atoms with Crippen LogP contribution in [-0.4, -0.2) is 49.1 Å². The fourth-order valence-electron chi connectivity index (χ4n) is 5.91. The van der Waals surface area contributed by atoms with Crippen LogP contribution in [-0.2, 0) is 10.2 Å². The van der Waals surface area contributed by atoms with Gasteiger partial charge in [0.1, 0.15) is 5.41 Å². The zero-order chi connectivity index (χ0) is 25.9. The van der Waals surface area contributed by atoms with Crippen LogP contribution < -0.4 is 10.6 Å². The van der Waals surface area contributed by atoms with Gasteiger partial charge in [-0.1, -0.05) is 74.3 Å². The molecule has 7 heteroatoms. The van der Waals surface area contributed by atoms with E-state index in [4.69, 9.17) is 23.2 Å². The molecule has 0 saturated carbocycles. The van der Waals surface area contributed by atoms with Crippen LogP contribution in [0.25, 0.3) is 0 Å². The van der Waals surface area contributed by atoms with E-state index in [1.807, 2.05) is 48.5 Å². The highest BCUT2D eigenvalue weighted by atomic mass is 35.5. The quantitative estimate of drug-likeness (QED) is 0.497. The van der Waals surface area contributed by atoms with E-state index in [0.29, 0.717) is 23.0 Å². The van der Waals surface area contributed by atoms with Gasteiger partial charge >= 0.3 is 0 Å². The van der Waals surface area contributed by atoms with Crippen LogP contribution in [0.15, 0.2) is 48.5 Å². The topological polar surface area (TPSA) is 68.2 Å². The lowest BCUT2D eigenvalue weighted by Crippen LogP contribution is -2.47. The summed E-state index contributed by atoms with van der Waals surface area (Å²) in [5, 5.41) is 18.9. The zero-order valence-electron chi connectivity index (χ0n) is 21.4. The van der Waals surface area contributed by atoms with Crippen molar-refractivity contribution in [3.63, 3.8) is 0 Å². The first-order valence-corrected chi connectivity index (χ1v) is 13.6. The predicted octanol–water partition coefficient (Wildman–Crippen LogP) is 5.53. The van der Waals surface area contributed by atoms with Crippen molar-refractivity contribution in [3.8, 4) is 6.07 Å². The first kappa shape index (κ1) is 26.9. The maximum atomic E-state index is 13.7. The third-order valence-electron chi connectivity index (χ3n) is 7.53. The van der Waals surface area contributed by atoms with E-state index in [1.165, 1.54) is 12.8 Å². The SMILES string of the molecule is CC(C)(C)CC1NC(C(=O)NCCN2CCCC2)C(c2ccccc2Cl)C1(C#N)c1ccc(Cl)cc1. The molecule has 2 N–H and O–H groups in total. The van der Waals surface area contributed by atoms with Crippen molar-refractivity contribution in [2.75, 3.05) is 26.2 Å². The highest BCUT2D eigenvalue weighted by molar-refractivity contribution is 6.31. The number of nitriles is 1. The summed E-state index contributed by atoms with van der Waals surface area (Å²) in [4.78, 5) is 16.1. The van der Waals surface area contributed by atoms with E-state index in [0.717, 1.165) is 30.8 Å². The van der Waals surface area contributed by atoms with Gasteiger partial charge in [-0.2, -0.15) is 5.26 Å². The molecule has 2 saturated heterocycles. The number of likely N-dealkylation sites (tertiary alicyclic amines) is 1. The Hall–Kier alpha value is -2.10. The van der Waals surface area contributed by atoms with Crippen LogP contribution in [0.4, 0.5) is 0 Å². The summed E-state index contributed by atoms with van der Waals surface area (Å²) in [5.74, 6) is -0.569. The summed E-state index contributed by atoms with van der Waals surface area (Å²) in [6.07, 6.45) is 3.14. The Bertz CT molecular complexity index is 1100. The van der Waals surface area contributed by atoms with E-state index in [2.05, 4.69) is 42.4 Å². The van der Waals surface area contributed by atoms with Crippen molar-refractivity contribution in [1.82, 2.24) is 15.5 Å². The highest BCUT2D eigenvalue weighted by Gasteiger charge is 2.59. The minimum Gasteiger partial charge on any atom is -0.353 e. The number of hydrogen-bond acceptors (Lipinski definition) is 4. The molecule has 2 aromatic carbocycles. The lowest BCUT2D eigenvalue weighted by molar-refractivity contribution is -0.123. The van der Waals surface area contributed by atoms with E-state index < -0.39 is 17.4 Å². The second kappa shape index (κ2) is 11.1. The largest absolute Gasteiger partial charge is 0.353 e. The molecule has 5 nitrogen and oxygen atoms in total. The Morgan fingerprint density at radius 2 is 1.81 bits per heavy atom. The number of amides is 1. The molecule has 1 amide bonds. The predicted molar refractivity (Wildman–Crippen MR) is 146 cm³/mol. The van der Waals surface area contributed by atoms with Gasteiger partial charge in [0.25, 0.3) is 0 Å². The molecule has 2 aliphatic rings. The number of hydrogen-bond donors (Lipinski definition) is 2. The van der Waals surface area contributed by atoms with Gasteiger partial charge in [0.2, 0.25) is 5.91 Å². The van der Waals surface area contributed by atoms with E-state index in [1.54, 1.807) is 0 Å². The Morgan fingerprint density at radius 1 is 1.14 bits per heavy atom. The van der Waals surface area contributed by atoms with Crippen molar-refractivity contribution < 1.29 is 4.79 Å². The van der Waals surface area contributed by atoms with Gasteiger partial charge in [0.15, 0.2) is 0 Å². The smallest absolute Gasteiger partial charge is 0.237 e. The molecule has 0 spiro atoms. The lowest BCUT2D eigenvalue weighted by Gasteiger charge is -2.37. The molecule has 2 aromatic rings. The average molecular weight is 528 g/mol. The van der Waals surface area contributed by atoms with E-state index in [-0.39, 0.29) is 17.4 Å². The van der Waals surface area contributed by atoms with Gasteiger partial charge in [-0.15, -0.1) is 0 Å². The molecular formula is C29H36Cl2N4O. The van der Waals surface area contributed by atoms with Crippen molar-refractivity contribution in [2.45, 2.75) is 63.5 Å². The molecule has 4 rings (SSSR count). The van der Waals surface area contributed by atoms with Crippen LogP contribution in [0.3, 0.4) is 0 Å². The van der Waals surface area contributed by atoms with Gasteiger partial charge in [0, 0.05) is 35.1 Å². The fourth-order valence-corrected chi connectivity index (χ4v) is 6.29. The number of rotatable bonds is 7. The number of benzene rings is 2. The molecule has 4 atom stereocenters. The summed E-state index contributed by atoms with van der Waals surface area (Å²) in [6.45, 7) is 10.1. The standard InChI is InChI=1S/C29H36Cl2N4O/c1-28(2,3)18-24-29(19-32,20-10-12-21(30)13-11-20)25(22-8-4-5-9-23(22)31)26(34-24)27(36)33-14-17-35-15-6-7-16-35/h4-5,8-13,24-26,34H,6-7,14-18H2,1-3H3,(H,33,36). The summed E-state index contributed by atoms with van der Waals surface area (Å²) in [6, 6.07) is 16.9. The Morgan fingerprint density at radius 3 is 2.42 bits per heavy atom. The zero-order valence-corrected chi connectivity index (χ0v) is 22.9. The molecule has 192 valence electrons. The summed E-state index contributed by atoms with van der Waals surface area (Å²) in [5.41, 5.74) is 0.561. The number of carbonyl (C=O) groups is 1. The van der Waals surface area contributed by atoms with Gasteiger partial charge in [-0.3, -0.25) is 4.79 Å². The summed E-state index contributed by atoms with van der Waals surface area (Å²) >= 11 is 13.0. The van der Waals surface area contributed by atoms with Gasteiger partial charge in [-0.25, -0.2) is 0 Å². The number of nitrogens with one attached hydrogen (secondary N) is 2. The van der Waals surface area contributed by atoms with Gasteiger partial charge in [-0.05, 0) is 67.1 Å². The average Bonchev–Trinajstić information content (AvgIpc) is 3.45. The lowest BCUT2D eigenvalue weighted by atomic mass is 9.63. The molecule has 2 aliphatic heterocycles. The second-order valence-corrected chi connectivity index (χ2v) is 12.1. The molecule has 4 unspecified atom stereocenters.